The molecule has 1 rings (SSSR count). The van der Waals surface area contributed by atoms with Crippen molar-refractivity contribution in [1.82, 2.24) is 4.57 Å². The largest absolute Gasteiger partial charge is 0.462 e. The summed E-state index contributed by atoms with van der Waals surface area (Å²) in [5.74, 6) is -0.399. The molecule has 0 unspecified atom stereocenters. The van der Waals surface area contributed by atoms with Crippen LogP contribution >= 0.6 is 0 Å². The third-order valence-corrected chi connectivity index (χ3v) is 3.05. The highest BCUT2D eigenvalue weighted by Gasteiger charge is 2.17. The second-order valence-corrected chi connectivity index (χ2v) is 5.01. The Morgan fingerprint density at radius 3 is 2.62 bits per heavy atom. The normalized spacial score (nSPS) is 10.5. The smallest absolute Gasteiger partial charge is 0.340 e. The van der Waals surface area contributed by atoms with Crippen LogP contribution in [0.1, 0.15) is 35.5 Å². The Bertz CT molecular complexity index is 587. The van der Waals surface area contributed by atoms with Gasteiger partial charge in [-0.15, -0.1) is 0 Å². The standard InChI is InChI=1S/C16H23NO4/c1-6-21-16(19)15-12(4)9-14(18)17(13(15)5)7-8-20-10-11(2)3/h9H,2,6-8,10H2,1,3-5H3. The summed E-state index contributed by atoms with van der Waals surface area (Å²) in [7, 11) is 0. The van der Waals surface area contributed by atoms with Crippen molar-refractivity contribution in [1.29, 1.82) is 0 Å². The number of carbonyl (C=O) groups is 1. The molecule has 1 heterocycles. The fraction of sp³-hybridized carbons (Fsp3) is 0.500. The second kappa shape index (κ2) is 7.78. The maximum Gasteiger partial charge on any atom is 0.340 e. The summed E-state index contributed by atoms with van der Waals surface area (Å²) in [5.41, 5.74) is 2.48. The average molecular weight is 293 g/mol. The van der Waals surface area contributed by atoms with E-state index < -0.39 is 5.97 Å². The number of hydrogen-bond donors (Lipinski definition) is 0. The van der Waals surface area contributed by atoms with Crippen molar-refractivity contribution in [3.8, 4) is 0 Å². The maximum atomic E-state index is 12.1. The van der Waals surface area contributed by atoms with Crippen LogP contribution in [0.3, 0.4) is 0 Å². The Kier molecular flexibility index (Phi) is 6.37. The Morgan fingerprint density at radius 2 is 2.05 bits per heavy atom. The average Bonchev–Trinajstić information content (AvgIpc) is 2.37. The molecule has 0 saturated heterocycles. The van der Waals surface area contributed by atoms with Gasteiger partial charge in [0, 0.05) is 18.3 Å². The lowest BCUT2D eigenvalue weighted by Gasteiger charge is -2.15. The molecule has 0 fully saturated rings. The molecule has 0 atom stereocenters. The molecule has 0 aromatic carbocycles. The lowest BCUT2D eigenvalue weighted by Crippen LogP contribution is -2.27. The van der Waals surface area contributed by atoms with E-state index >= 15 is 0 Å². The van der Waals surface area contributed by atoms with Crippen molar-refractivity contribution in [2.75, 3.05) is 19.8 Å². The van der Waals surface area contributed by atoms with Crippen LogP contribution in [0.25, 0.3) is 0 Å². The zero-order valence-corrected chi connectivity index (χ0v) is 13.2. The third kappa shape index (κ3) is 4.56. The van der Waals surface area contributed by atoms with Crippen LogP contribution < -0.4 is 5.56 Å². The molecule has 0 N–H and O–H groups in total. The molecule has 0 spiro atoms. The van der Waals surface area contributed by atoms with Gasteiger partial charge in [-0.3, -0.25) is 4.79 Å². The minimum Gasteiger partial charge on any atom is -0.462 e. The summed E-state index contributed by atoms with van der Waals surface area (Å²) < 4.78 is 12.0. The van der Waals surface area contributed by atoms with Gasteiger partial charge in [0.2, 0.25) is 0 Å². The minimum absolute atomic E-state index is 0.142. The summed E-state index contributed by atoms with van der Waals surface area (Å²) in [6.45, 7) is 12.4. The van der Waals surface area contributed by atoms with E-state index in [1.54, 1.807) is 20.8 Å². The number of esters is 1. The van der Waals surface area contributed by atoms with E-state index in [4.69, 9.17) is 9.47 Å². The van der Waals surface area contributed by atoms with Crippen LogP contribution in [0.15, 0.2) is 23.0 Å². The first kappa shape index (κ1) is 17.2. The van der Waals surface area contributed by atoms with Crippen molar-refractivity contribution < 1.29 is 14.3 Å². The molecular weight excluding hydrogens is 270 g/mol. The van der Waals surface area contributed by atoms with E-state index in [0.29, 0.717) is 43.2 Å². The molecule has 0 radical (unpaired) electrons. The molecule has 5 nitrogen and oxygen atoms in total. The van der Waals surface area contributed by atoms with Crippen molar-refractivity contribution in [2.24, 2.45) is 0 Å². The van der Waals surface area contributed by atoms with Gasteiger partial charge in [0.25, 0.3) is 5.56 Å². The highest BCUT2D eigenvalue weighted by atomic mass is 16.5. The predicted octanol–water partition coefficient (Wildman–Crippen LogP) is 2.23. The zero-order valence-electron chi connectivity index (χ0n) is 13.2. The molecule has 0 bridgehead atoms. The molecule has 0 saturated carbocycles. The first-order valence-corrected chi connectivity index (χ1v) is 6.98. The molecular formula is C16H23NO4. The Balaban J connectivity index is 2.99. The van der Waals surface area contributed by atoms with Gasteiger partial charge in [-0.1, -0.05) is 12.2 Å². The van der Waals surface area contributed by atoms with Gasteiger partial charge < -0.3 is 14.0 Å². The topological polar surface area (TPSA) is 57.5 Å². The summed E-state index contributed by atoms with van der Waals surface area (Å²) >= 11 is 0. The number of pyridine rings is 1. The van der Waals surface area contributed by atoms with Crippen LogP contribution in [-0.2, 0) is 16.0 Å². The number of carbonyl (C=O) groups excluding carboxylic acids is 1. The van der Waals surface area contributed by atoms with Gasteiger partial charge in [-0.2, -0.15) is 0 Å². The fourth-order valence-corrected chi connectivity index (χ4v) is 2.11. The molecule has 0 aliphatic carbocycles. The monoisotopic (exact) mass is 293 g/mol. The van der Waals surface area contributed by atoms with E-state index in [9.17, 15) is 9.59 Å². The van der Waals surface area contributed by atoms with Crippen LogP contribution in [-0.4, -0.2) is 30.4 Å². The first-order valence-electron chi connectivity index (χ1n) is 6.98. The Morgan fingerprint density at radius 1 is 1.38 bits per heavy atom. The maximum absolute atomic E-state index is 12.1. The van der Waals surface area contributed by atoms with Gasteiger partial charge in [-0.25, -0.2) is 4.79 Å². The van der Waals surface area contributed by atoms with Gasteiger partial charge >= 0.3 is 5.97 Å². The molecule has 1 aromatic rings. The summed E-state index contributed by atoms with van der Waals surface area (Å²) in [6, 6.07) is 1.46. The van der Waals surface area contributed by atoms with Crippen molar-refractivity contribution in [3.63, 3.8) is 0 Å². The quantitative estimate of drug-likeness (QED) is 0.439. The second-order valence-electron chi connectivity index (χ2n) is 5.01. The number of nitrogens with zero attached hydrogens (tertiary/aromatic N) is 1. The molecule has 5 heteroatoms. The van der Waals surface area contributed by atoms with Crippen molar-refractivity contribution in [3.05, 3.63) is 45.4 Å². The summed E-state index contributed by atoms with van der Waals surface area (Å²) in [4.78, 5) is 24.0. The first-order chi connectivity index (χ1) is 9.88. The lowest BCUT2D eigenvalue weighted by molar-refractivity contribution is 0.0523. The molecule has 21 heavy (non-hydrogen) atoms. The molecule has 116 valence electrons. The molecule has 1 aromatic heterocycles. The highest BCUT2D eigenvalue weighted by Crippen LogP contribution is 2.13. The Labute approximate surface area is 125 Å². The van der Waals surface area contributed by atoms with Crippen LogP contribution in [0.2, 0.25) is 0 Å². The molecule has 0 aliphatic rings. The van der Waals surface area contributed by atoms with E-state index in [2.05, 4.69) is 6.58 Å². The fourth-order valence-electron chi connectivity index (χ4n) is 2.11. The summed E-state index contributed by atoms with van der Waals surface area (Å²) in [6.07, 6.45) is 0. The number of rotatable bonds is 7. The van der Waals surface area contributed by atoms with E-state index in [-0.39, 0.29) is 5.56 Å². The SMILES string of the molecule is C=C(C)COCCn1c(C)c(C(=O)OCC)c(C)cc1=O. The predicted molar refractivity (Wildman–Crippen MR) is 81.8 cm³/mol. The van der Waals surface area contributed by atoms with Crippen LogP contribution in [0.5, 0.6) is 0 Å². The number of hydrogen-bond acceptors (Lipinski definition) is 4. The van der Waals surface area contributed by atoms with Gasteiger partial charge in [0.1, 0.15) is 0 Å². The van der Waals surface area contributed by atoms with Gasteiger partial charge in [0.05, 0.1) is 25.4 Å². The van der Waals surface area contributed by atoms with Crippen LogP contribution in [0.4, 0.5) is 0 Å². The minimum atomic E-state index is -0.399. The number of aryl methyl sites for hydroxylation is 1. The Hall–Kier alpha value is -1.88. The van der Waals surface area contributed by atoms with E-state index in [1.165, 1.54) is 10.6 Å². The molecule has 0 amide bonds. The summed E-state index contributed by atoms with van der Waals surface area (Å²) in [5, 5.41) is 0. The zero-order chi connectivity index (χ0) is 16.0. The van der Waals surface area contributed by atoms with Crippen molar-refractivity contribution >= 4 is 5.97 Å². The van der Waals surface area contributed by atoms with Gasteiger partial charge in [0.15, 0.2) is 0 Å². The molecule has 0 aliphatic heterocycles. The lowest BCUT2D eigenvalue weighted by atomic mass is 10.1. The number of ether oxygens (including phenoxy) is 2. The number of aromatic nitrogens is 1. The third-order valence-electron chi connectivity index (χ3n) is 3.05. The van der Waals surface area contributed by atoms with Crippen molar-refractivity contribution in [2.45, 2.75) is 34.2 Å². The highest BCUT2D eigenvalue weighted by molar-refractivity contribution is 5.92. The van der Waals surface area contributed by atoms with Crippen LogP contribution in [0, 0.1) is 13.8 Å². The van der Waals surface area contributed by atoms with E-state index in [0.717, 1.165) is 5.57 Å². The van der Waals surface area contributed by atoms with E-state index in [1.807, 2.05) is 6.92 Å². The van der Waals surface area contributed by atoms with Gasteiger partial charge in [-0.05, 0) is 33.3 Å².